The number of aromatic amines is 1. The zero-order valence-electron chi connectivity index (χ0n) is 12.8. The summed E-state index contributed by atoms with van der Waals surface area (Å²) in [6.07, 6.45) is 1.70. The molecule has 0 saturated heterocycles. The quantitative estimate of drug-likeness (QED) is 0.748. The van der Waals surface area contributed by atoms with Crippen LogP contribution in [0.3, 0.4) is 0 Å². The number of carbonyl (C=O) groups is 1. The molecule has 3 rings (SSSR count). The molecular weight excluding hydrogens is 312 g/mol. The Hall–Kier alpha value is -2.67. The monoisotopic (exact) mass is 328 g/mol. The predicted molar refractivity (Wildman–Crippen MR) is 89.2 cm³/mol. The Morgan fingerprint density at radius 3 is 2.74 bits per heavy atom. The highest BCUT2D eigenvalue weighted by Crippen LogP contribution is 2.14. The number of methoxy groups -OCH3 is 1. The molecule has 6 nitrogen and oxygen atoms in total. The summed E-state index contributed by atoms with van der Waals surface area (Å²) >= 11 is 5.14. The van der Waals surface area contributed by atoms with Gasteiger partial charge in [-0.25, -0.2) is 0 Å². The largest absolute Gasteiger partial charge is 0.497 e. The van der Waals surface area contributed by atoms with Crippen LogP contribution in [0.2, 0.25) is 0 Å². The molecule has 0 aliphatic rings. The molecule has 1 amide bonds. The van der Waals surface area contributed by atoms with Crippen molar-refractivity contribution >= 4 is 23.8 Å². The molecule has 0 spiro atoms. The van der Waals surface area contributed by atoms with E-state index in [-0.39, 0.29) is 5.91 Å². The van der Waals surface area contributed by atoms with Gasteiger partial charge in [-0.2, -0.15) is 5.10 Å². The third-order valence-electron chi connectivity index (χ3n) is 3.58. The lowest BCUT2D eigenvalue weighted by molar-refractivity contribution is 0.0784. The summed E-state index contributed by atoms with van der Waals surface area (Å²) in [5.41, 5.74) is 2.28. The number of aromatic nitrogens is 3. The first-order valence-electron chi connectivity index (χ1n) is 7.03. The summed E-state index contributed by atoms with van der Waals surface area (Å²) in [6.45, 7) is 0.512. The first-order chi connectivity index (χ1) is 11.1. The van der Waals surface area contributed by atoms with Crippen LogP contribution in [0.15, 0.2) is 42.6 Å². The van der Waals surface area contributed by atoms with Gasteiger partial charge >= 0.3 is 0 Å². The summed E-state index contributed by atoms with van der Waals surface area (Å²) in [4.78, 5) is 14.2. The Kier molecular flexibility index (Phi) is 4.12. The van der Waals surface area contributed by atoms with E-state index in [0.29, 0.717) is 22.5 Å². The number of carbonyl (C=O) groups excluding carboxylic acids is 1. The molecular formula is C16H16N4O2S. The highest BCUT2D eigenvalue weighted by Gasteiger charge is 2.13. The molecule has 0 atom stereocenters. The molecule has 2 aromatic heterocycles. The Morgan fingerprint density at radius 1 is 1.30 bits per heavy atom. The van der Waals surface area contributed by atoms with Crippen molar-refractivity contribution in [2.45, 2.75) is 6.54 Å². The Labute approximate surface area is 138 Å². The number of benzene rings is 1. The van der Waals surface area contributed by atoms with Crippen molar-refractivity contribution in [2.24, 2.45) is 0 Å². The van der Waals surface area contributed by atoms with Gasteiger partial charge < -0.3 is 9.64 Å². The molecule has 1 aromatic carbocycles. The molecule has 7 heteroatoms. The van der Waals surface area contributed by atoms with Crippen LogP contribution in [-0.4, -0.2) is 39.6 Å². The van der Waals surface area contributed by atoms with Gasteiger partial charge in [-0.1, -0.05) is 12.1 Å². The van der Waals surface area contributed by atoms with Crippen molar-refractivity contribution in [1.29, 1.82) is 0 Å². The molecule has 0 bridgehead atoms. The average Bonchev–Trinajstić information content (AvgIpc) is 2.95. The van der Waals surface area contributed by atoms with Crippen LogP contribution >= 0.6 is 12.2 Å². The van der Waals surface area contributed by atoms with Gasteiger partial charge in [0.1, 0.15) is 5.75 Å². The fraction of sp³-hybridized carbons (Fsp3) is 0.188. The topological polar surface area (TPSA) is 62.6 Å². The SMILES string of the molecule is COc1ccc(CN(C)C(=O)c2ccc3n[nH]c(=S)n3c2)cc1. The Balaban J connectivity index is 1.79. The molecule has 0 unspecified atom stereocenters. The summed E-state index contributed by atoms with van der Waals surface area (Å²) in [7, 11) is 3.40. The van der Waals surface area contributed by atoms with Gasteiger partial charge in [0.05, 0.1) is 12.7 Å². The van der Waals surface area contributed by atoms with Crippen LogP contribution in [0.5, 0.6) is 5.75 Å². The Morgan fingerprint density at radius 2 is 2.04 bits per heavy atom. The number of fused-ring (bicyclic) bond motifs is 1. The van der Waals surface area contributed by atoms with Gasteiger partial charge in [0.2, 0.25) is 0 Å². The normalized spacial score (nSPS) is 10.7. The third-order valence-corrected chi connectivity index (χ3v) is 3.87. The minimum absolute atomic E-state index is 0.0779. The van der Waals surface area contributed by atoms with E-state index in [1.165, 1.54) is 0 Å². The van der Waals surface area contributed by atoms with E-state index in [4.69, 9.17) is 17.0 Å². The van der Waals surface area contributed by atoms with Crippen molar-refractivity contribution in [3.63, 3.8) is 0 Å². The molecule has 0 saturated carbocycles. The first-order valence-corrected chi connectivity index (χ1v) is 7.44. The lowest BCUT2D eigenvalue weighted by Crippen LogP contribution is -2.26. The van der Waals surface area contributed by atoms with Crippen LogP contribution in [-0.2, 0) is 6.54 Å². The smallest absolute Gasteiger partial charge is 0.255 e. The second-order valence-corrected chi connectivity index (χ2v) is 5.57. The van der Waals surface area contributed by atoms with Crippen LogP contribution in [0, 0.1) is 4.77 Å². The second kappa shape index (κ2) is 6.21. The fourth-order valence-corrected chi connectivity index (χ4v) is 2.52. The molecule has 0 fully saturated rings. The number of hydrogen-bond acceptors (Lipinski definition) is 4. The number of amides is 1. The number of hydrogen-bond donors (Lipinski definition) is 1. The first kappa shape index (κ1) is 15.2. The van der Waals surface area contributed by atoms with Gasteiger partial charge in [-0.15, -0.1) is 0 Å². The number of rotatable bonds is 4. The van der Waals surface area contributed by atoms with Crippen molar-refractivity contribution in [3.05, 3.63) is 58.5 Å². The lowest BCUT2D eigenvalue weighted by atomic mass is 10.2. The summed E-state index contributed by atoms with van der Waals surface area (Å²) in [6, 6.07) is 11.2. The van der Waals surface area contributed by atoms with E-state index < -0.39 is 0 Å². The maximum Gasteiger partial charge on any atom is 0.255 e. The van der Waals surface area contributed by atoms with E-state index in [1.54, 1.807) is 41.8 Å². The zero-order valence-corrected chi connectivity index (χ0v) is 13.6. The molecule has 0 aliphatic heterocycles. The summed E-state index contributed by atoms with van der Waals surface area (Å²) < 4.78 is 7.28. The average molecular weight is 328 g/mol. The van der Waals surface area contributed by atoms with Gasteiger partial charge in [-0.3, -0.25) is 14.3 Å². The van der Waals surface area contributed by atoms with Gasteiger partial charge in [0.15, 0.2) is 10.4 Å². The van der Waals surface area contributed by atoms with Gasteiger partial charge in [0, 0.05) is 19.8 Å². The minimum Gasteiger partial charge on any atom is -0.497 e. The number of pyridine rings is 1. The predicted octanol–water partition coefficient (Wildman–Crippen LogP) is 2.67. The minimum atomic E-state index is -0.0779. The second-order valence-electron chi connectivity index (χ2n) is 5.18. The maximum atomic E-state index is 12.6. The van der Waals surface area contributed by atoms with Crippen molar-refractivity contribution in [2.75, 3.05) is 14.2 Å². The number of nitrogens with zero attached hydrogens (tertiary/aromatic N) is 3. The third kappa shape index (κ3) is 3.09. The van der Waals surface area contributed by atoms with Gasteiger partial charge in [-0.05, 0) is 42.0 Å². The molecule has 2 heterocycles. The van der Waals surface area contributed by atoms with E-state index in [1.807, 2.05) is 24.3 Å². The molecule has 23 heavy (non-hydrogen) atoms. The lowest BCUT2D eigenvalue weighted by Gasteiger charge is -2.17. The van der Waals surface area contributed by atoms with E-state index in [9.17, 15) is 4.79 Å². The van der Waals surface area contributed by atoms with E-state index in [2.05, 4.69) is 10.2 Å². The standard InChI is InChI=1S/C16H16N4O2S/c1-19(9-11-3-6-13(22-2)7-4-11)15(21)12-5-8-14-17-18-16(23)20(14)10-12/h3-8,10H,9H2,1-2H3,(H,18,23). The molecule has 0 radical (unpaired) electrons. The van der Waals surface area contributed by atoms with Crippen LogP contribution in [0.1, 0.15) is 15.9 Å². The highest BCUT2D eigenvalue weighted by molar-refractivity contribution is 7.71. The van der Waals surface area contributed by atoms with Crippen LogP contribution < -0.4 is 4.74 Å². The number of H-pyrrole nitrogens is 1. The zero-order chi connectivity index (χ0) is 16.4. The molecule has 118 valence electrons. The number of ether oxygens (including phenoxy) is 1. The van der Waals surface area contributed by atoms with E-state index in [0.717, 1.165) is 11.3 Å². The fourth-order valence-electron chi connectivity index (χ4n) is 2.33. The number of nitrogens with one attached hydrogen (secondary N) is 1. The molecule has 0 aliphatic carbocycles. The van der Waals surface area contributed by atoms with Crippen molar-refractivity contribution < 1.29 is 9.53 Å². The highest BCUT2D eigenvalue weighted by atomic mass is 32.1. The van der Waals surface area contributed by atoms with E-state index >= 15 is 0 Å². The van der Waals surface area contributed by atoms with Crippen molar-refractivity contribution in [3.8, 4) is 5.75 Å². The van der Waals surface area contributed by atoms with Crippen molar-refractivity contribution in [1.82, 2.24) is 19.5 Å². The van der Waals surface area contributed by atoms with Crippen LogP contribution in [0.25, 0.3) is 5.65 Å². The Bertz CT molecular complexity index is 898. The molecule has 1 N–H and O–H groups in total. The van der Waals surface area contributed by atoms with Crippen LogP contribution in [0.4, 0.5) is 0 Å². The maximum absolute atomic E-state index is 12.6. The molecule has 3 aromatic rings. The summed E-state index contributed by atoms with van der Waals surface area (Å²) in [5.74, 6) is 0.716. The summed E-state index contributed by atoms with van der Waals surface area (Å²) in [5, 5.41) is 6.76. The van der Waals surface area contributed by atoms with Gasteiger partial charge in [0.25, 0.3) is 5.91 Å².